The maximum absolute atomic E-state index is 11.2. The maximum Gasteiger partial charge on any atom is 0.323 e. The highest BCUT2D eigenvalue weighted by molar-refractivity contribution is 7.91. The zero-order valence-corrected chi connectivity index (χ0v) is 9.80. The summed E-state index contributed by atoms with van der Waals surface area (Å²) in [7, 11) is -2.96. The van der Waals surface area contributed by atoms with E-state index in [0.29, 0.717) is 12.8 Å². The van der Waals surface area contributed by atoms with Crippen LogP contribution < -0.4 is 5.32 Å². The van der Waals surface area contributed by atoms with Gasteiger partial charge in [-0.2, -0.15) is 0 Å². The molecule has 0 aromatic heterocycles. The second-order valence-corrected chi connectivity index (χ2v) is 6.46. The highest BCUT2D eigenvalue weighted by Crippen LogP contribution is 2.17. The normalized spacial score (nSPS) is 28.5. The maximum atomic E-state index is 11.2. The monoisotopic (exact) mass is 235 g/mol. The molecular formula is C9H17NO4S. The largest absolute Gasteiger partial charge is 0.480 e. The van der Waals surface area contributed by atoms with Gasteiger partial charge in [-0.05, 0) is 19.8 Å². The molecule has 2 N–H and O–H groups in total. The average Bonchev–Trinajstić information content (AvgIpc) is 2.45. The first-order valence-corrected chi connectivity index (χ1v) is 6.83. The number of carboxylic acids is 1. The van der Waals surface area contributed by atoms with Crippen molar-refractivity contribution in [3.8, 4) is 0 Å². The van der Waals surface area contributed by atoms with Crippen molar-refractivity contribution in [3.05, 3.63) is 0 Å². The van der Waals surface area contributed by atoms with Crippen molar-refractivity contribution in [2.45, 2.75) is 38.3 Å². The van der Waals surface area contributed by atoms with Crippen LogP contribution in [0.5, 0.6) is 0 Å². The van der Waals surface area contributed by atoms with E-state index in [9.17, 15) is 13.2 Å². The number of hydrogen-bond acceptors (Lipinski definition) is 4. The van der Waals surface area contributed by atoms with Gasteiger partial charge in [0.15, 0.2) is 9.84 Å². The lowest BCUT2D eigenvalue weighted by atomic mass is 9.97. The summed E-state index contributed by atoms with van der Waals surface area (Å²) in [5, 5.41) is 11.9. The van der Waals surface area contributed by atoms with Crippen LogP contribution in [0.2, 0.25) is 0 Å². The Morgan fingerprint density at radius 3 is 2.53 bits per heavy atom. The Kier molecular flexibility index (Phi) is 3.40. The van der Waals surface area contributed by atoms with Crippen LogP contribution in [0.4, 0.5) is 0 Å². The summed E-state index contributed by atoms with van der Waals surface area (Å²) >= 11 is 0. The molecule has 88 valence electrons. The van der Waals surface area contributed by atoms with Crippen LogP contribution in [0.1, 0.15) is 26.7 Å². The topological polar surface area (TPSA) is 83.5 Å². The van der Waals surface area contributed by atoms with E-state index in [1.54, 1.807) is 13.8 Å². The predicted molar refractivity (Wildman–Crippen MR) is 56.5 cm³/mol. The fourth-order valence-corrected chi connectivity index (χ4v) is 3.35. The molecule has 2 atom stereocenters. The molecule has 1 rings (SSSR count). The molecule has 1 aliphatic heterocycles. The number of nitrogens with one attached hydrogen (secondary N) is 1. The first-order chi connectivity index (χ1) is 6.79. The second kappa shape index (κ2) is 4.09. The molecule has 1 saturated heterocycles. The standard InChI is InChI=1S/C9H17NO4S/c1-3-9(2,8(11)12)10-7-4-5-15(13,14)6-7/h7,10H,3-6H2,1-2H3,(H,11,12). The fourth-order valence-electron chi connectivity index (χ4n) is 1.67. The summed E-state index contributed by atoms with van der Waals surface area (Å²) in [4.78, 5) is 11.0. The molecule has 0 bridgehead atoms. The molecule has 6 heteroatoms. The van der Waals surface area contributed by atoms with Gasteiger partial charge < -0.3 is 5.11 Å². The molecule has 1 aliphatic rings. The van der Waals surface area contributed by atoms with Gasteiger partial charge in [-0.15, -0.1) is 0 Å². The van der Waals surface area contributed by atoms with Crippen LogP contribution in [0, 0.1) is 0 Å². The van der Waals surface area contributed by atoms with Crippen LogP contribution in [0.25, 0.3) is 0 Å². The van der Waals surface area contributed by atoms with Crippen molar-refractivity contribution in [1.82, 2.24) is 5.32 Å². The van der Waals surface area contributed by atoms with Gasteiger partial charge >= 0.3 is 5.97 Å². The highest BCUT2D eigenvalue weighted by atomic mass is 32.2. The Balaban J connectivity index is 2.66. The smallest absolute Gasteiger partial charge is 0.323 e. The van der Waals surface area contributed by atoms with E-state index in [0.717, 1.165) is 0 Å². The third kappa shape index (κ3) is 2.92. The minimum Gasteiger partial charge on any atom is -0.480 e. The van der Waals surface area contributed by atoms with E-state index in [1.807, 2.05) is 0 Å². The van der Waals surface area contributed by atoms with Crippen molar-refractivity contribution >= 4 is 15.8 Å². The van der Waals surface area contributed by atoms with E-state index >= 15 is 0 Å². The van der Waals surface area contributed by atoms with Crippen molar-refractivity contribution in [3.63, 3.8) is 0 Å². The summed E-state index contributed by atoms with van der Waals surface area (Å²) in [5.74, 6) is -0.728. The number of aliphatic carboxylic acids is 1. The summed E-state index contributed by atoms with van der Waals surface area (Å²) in [6, 6.07) is -0.226. The number of hydrogen-bond donors (Lipinski definition) is 2. The summed E-state index contributed by atoms with van der Waals surface area (Å²) in [6.07, 6.45) is 0.935. The molecule has 0 aliphatic carbocycles. The molecule has 0 amide bonds. The van der Waals surface area contributed by atoms with Gasteiger partial charge in [-0.25, -0.2) is 8.42 Å². The zero-order chi connectivity index (χ0) is 11.7. The summed E-state index contributed by atoms with van der Waals surface area (Å²) < 4.78 is 22.4. The molecule has 2 unspecified atom stereocenters. The van der Waals surface area contributed by atoms with E-state index in [-0.39, 0.29) is 17.5 Å². The van der Waals surface area contributed by atoms with Gasteiger partial charge in [0.25, 0.3) is 0 Å². The second-order valence-electron chi connectivity index (χ2n) is 4.24. The Hall–Kier alpha value is -0.620. The van der Waals surface area contributed by atoms with E-state index in [4.69, 9.17) is 5.11 Å². The molecule has 1 heterocycles. The molecule has 5 nitrogen and oxygen atoms in total. The SMILES string of the molecule is CCC(C)(NC1CCS(=O)(=O)C1)C(=O)O. The van der Waals surface area contributed by atoms with Gasteiger partial charge in [0.2, 0.25) is 0 Å². The van der Waals surface area contributed by atoms with Crippen LogP contribution in [0.15, 0.2) is 0 Å². The van der Waals surface area contributed by atoms with Crippen molar-refractivity contribution < 1.29 is 18.3 Å². The van der Waals surface area contributed by atoms with Gasteiger partial charge in [0.05, 0.1) is 11.5 Å². The van der Waals surface area contributed by atoms with Crippen LogP contribution in [-0.4, -0.2) is 42.6 Å². The summed E-state index contributed by atoms with van der Waals surface area (Å²) in [6.45, 7) is 3.35. The lowest BCUT2D eigenvalue weighted by molar-refractivity contribution is -0.144. The van der Waals surface area contributed by atoms with Gasteiger partial charge in [0, 0.05) is 6.04 Å². The number of carboxylic acid groups (broad SMARTS) is 1. The minimum atomic E-state index is -2.96. The average molecular weight is 235 g/mol. The lowest BCUT2D eigenvalue weighted by Gasteiger charge is -2.28. The molecular weight excluding hydrogens is 218 g/mol. The molecule has 0 aromatic carbocycles. The number of sulfone groups is 1. The van der Waals surface area contributed by atoms with Gasteiger partial charge in [-0.3, -0.25) is 10.1 Å². The minimum absolute atomic E-state index is 0.0515. The number of carbonyl (C=O) groups is 1. The molecule has 0 saturated carbocycles. The molecule has 15 heavy (non-hydrogen) atoms. The molecule has 0 aromatic rings. The molecule has 0 spiro atoms. The number of rotatable bonds is 4. The van der Waals surface area contributed by atoms with Crippen LogP contribution in [0.3, 0.4) is 0 Å². The van der Waals surface area contributed by atoms with Crippen molar-refractivity contribution in [2.24, 2.45) is 0 Å². The van der Waals surface area contributed by atoms with Gasteiger partial charge in [0.1, 0.15) is 5.54 Å². The fraction of sp³-hybridized carbons (Fsp3) is 0.889. The third-order valence-corrected chi connectivity index (χ3v) is 4.70. The molecule has 0 radical (unpaired) electrons. The quantitative estimate of drug-likeness (QED) is 0.717. The highest BCUT2D eigenvalue weighted by Gasteiger charge is 2.37. The van der Waals surface area contributed by atoms with E-state index in [2.05, 4.69) is 5.32 Å². The van der Waals surface area contributed by atoms with Crippen molar-refractivity contribution in [2.75, 3.05) is 11.5 Å². The first kappa shape index (κ1) is 12.4. The Labute approximate surface area is 89.8 Å². The Morgan fingerprint density at radius 2 is 2.20 bits per heavy atom. The summed E-state index contributed by atoms with van der Waals surface area (Å²) in [5.41, 5.74) is -1.02. The molecule has 1 fully saturated rings. The third-order valence-electron chi connectivity index (χ3n) is 2.93. The van der Waals surface area contributed by atoms with E-state index in [1.165, 1.54) is 0 Å². The van der Waals surface area contributed by atoms with Crippen LogP contribution in [-0.2, 0) is 14.6 Å². The Bertz CT molecular complexity index is 351. The predicted octanol–water partition coefficient (Wildman–Crippen LogP) is 0.0164. The lowest BCUT2D eigenvalue weighted by Crippen LogP contribution is -2.53. The zero-order valence-electron chi connectivity index (χ0n) is 8.99. The first-order valence-electron chi connectivity index (χ1n) is 5.00. The van der Waals surface area contributed by atoms with E-state index < -0.39 is 21.3 Å². The van der Waals surface area contributed by atoms with Crippen LogP contribution >= 0.6 is 0 Å². The van der Waals surface area contributed by atoms with Crippen molar-refractivity contribution in [1.29, 1.82) is 0 Å². The van der Waals surface area contributed by atoms with Gasteiger partial charge in [-0.1, -0.05) is 6.92 Å². The Morgan fingerprint density at radius 1 is 1.60 bits per heavy atom.